The number of carboxylic acid groups (broad SMARTS) is 1. The van der Waals surface area contributed by atoms with Crippen LogP contribution in [0.3, 0.4) is 0 Å². The number of nitrogens with zero attached hydrogens (tertiary/aromatic N) is 3. The number of hydrogen-bond acceptors (Lipinski definition) is 4. The molecule has 0 aliphatic carbocycles. The Morgan fingerprint density at radius 2 is 2.11 bits per heavy atom. The molecule has 2 N–H and O–H groups in total. The molecule has 1 aromatic carbocycles. The topological polar surface area (TPSA) is 80.0 Å². The first kappa shape index (κ1) is 13.2. The van der Waals surface area contributed by atoms with Crippen LogP contribution in [0.1, 0.15) is 18.5 Å². The minimum Gasteiger partial charge on any atom is -0.481 e. The molecule has 0 saturated carbocycles. The third kappa shape index (κ3) is 4.18. The minimum atomic E-state index is -0.767. The van der Waals surface area contributed by atoms with Crippen LogP contribution in [0.5, 0.6) is 0 Å². The molecule has 0 unspecified atom stereocenters. The van der Waals surface area contributed by atoms with Gasteiger partial charge in [-0.15, -0.1) is 0 Å². The summed E-state index contributed by atoms with van der Waals surface area (Å²) in [6.45, 7) is 1.25. The molecule has 2 aromatic rings. The van der Waals surface area contributed by atoms with Gasteiger partial charge in [-0.25, -0.2) is 0 Å². The molecule has 0 saturated heterocycles. The van der Waals surface area contributed by atoms with E-state index in [9.17, 15) is 4.79 Å². The quantitative estimate of drug-likeness (QED) is 0.732. The normalized spacial score (nSPS) is 10.5. The van der Waals surface area contributed by atoms with E-state index in [4.69, 9.17) is 5.11 Å². The Bertz CT molecular complexity index is 524. The Labute approximate surface area is 111 Å². The maximum Gasteiger partial charge on any atom is 0.303 e. The van der Waals surface area contributed by atoms with E-state index in [2.05, 4.69) is 15.5 Å². The van der Waals surface area contributed by atoms with Crippen molar-refractivity contribution in [2.24, 2.45) is 0 Å². The van der Waals surface area contributed by atoms with E-state index in [1.54, 1.807) is 11.0 Å². The first-order valence-corrected chi connectivity index (χ1v) is 6.15. The smallest absolute Gasteiger partial charge is 0.303 e. The fraction of sp³-hybridized carbons (Fsp3) is 0.308. The maximum atomic E-state index is 10.3. The highest BCUT2D eigenvalue weighted by atomic mass is 16.4. The molecule has 0 spiro atoms. The van der Waals surface area contributed by atoms with Gasteiger partial charge in [-0.05, 0) is 25.1 Å². The second-order valence-electron chi connectivity index (χ2n) is 4.13. The number of hydrogen-bond donors (Lipinski definition) is 2. The predicted molar refractivity (Wildman–Crippen MR) is 69.9 cm³/mol. The van der Waals surface area contributed by atoms with E-state index in [1.165, 1.54) is 0 Å². The van der Waals surface area contributed by atoms with E-state index < -0.39 is 5.97 Å². The first-order valence-electron chi connectivity index (χ1n) is 6.15. The summed E-state index contributed by atoms with van der Waals surface area (Å²) in [6, 6.07) is 9.68. The average Bonchev–Trinajstić information content (AvgIpc) is 2.88. The Balaban J connectivity index is 1.80. The number of benzene rings is 1. The van der Waals surface area contributed by atoms with Crippen LogP contribution in [0.15, 0.2) is 36.5 Å². The van der Waals surface area contributed by atoms with Crippen LogP contribution in [-0.4, -0.2) is 32.6 Å². The van der Waals surface area contributed by atoms with Crippen LogP contribution < -0.4 is 5.32 Å². The lowest BCUT2D eigenvalue weighted by molar-refractivity contribution is -0.137. The van der Waals surface area contributed by atoms with Crippen LogP contribution in [0.2, 0.25) is 0 Å². The van der Waals surface area contributed by atoms with E-state index in [-0.39, 0.29) is 6.42 Å². The lowest BCUT2D eigenvalue weighted by Gasteiger charge is -2.00. The van der Waals surface area contributed by atoms with Gasteiger partial charge in [0.05, 0.1) is 17.6 Å². The van der Waals surface area contributed by atoms with Crippen molar-refractivity contribution in [2.75, 3.05) is 6.54 Å². The number of aromatic nitrogens is 3. The molecule has 0 radical (unpaired) electrons. The van der Waals surface area contributed by atoms with Gasteiger partial charge in [0.2, 0.25) is 0 Å². The number of rotatable bonds is 7. The number of aliphatic carboxylic acids is 1. The van der Waals surface area contributed by atoms with Gasteiger partial charge in [0.1, 0.15) is 0 Å². The number of para-hydroxylation sites is 1. The predicted octanol–water partition coefficient (Wildman–Crippen LogP) is 1.22. The highest BCUT2D eigenvalue weighted by Gasteiger charge is 2.02. The zero-order valence-electron chi connectivity index (χ0n) is 10.5. The second kappa shape index (κ2) is 6.65. The molecule has 0 atom stereocenters. The summed E-state index contributed by atoms with van der Waals surface area (Å²) < 4.78 is 0. The van der Waals surface area contributed by atoms with Gasteiger partial charge in [0.15, 0.2) is 0 Å². The van der Waals surface area contributed by atoms with E-state index in [0.717, 1.165) is 11.4 Å². The van der Waals surface area contributed by atoms with E-state index in [1.807, 2.05) is 30.3 Å². The summed E-state index contributed by atoms with van der Waals surface area (Å²) in [5.41, 5.74) is 1.75. The van der Waals surface area contributed by atoms with Crippen molar-refractivity contribution in [1.82, 2.24) is 20.3 Å². The molecule has 0 aliphatic heterocycles. The zero-order chi connectivity index (χ0) is 13.5. The van der Waals surface area contributed by atoms with Crippen molar-refractivity contribution in [3.63, 3.8) is 0 Å². The Kier molecular flexibility index (Phi) is 4.63. The van der Waals surface area contributed by atoms with Crippen LogP contribution in [-0.2, 0) is 11.3 Å². The minimum absolute atomic E-state index is 0.184. The first-order chi connectivity index (χ1) is 9.25. The van der Waals surface area contributed by atoms with Crippen LogP contribution in [0, 0.1) is 0 Å². The molecule has 1 heterocycles. The highest BCUT2D eigenvalue weighted by molar-refractivity contribution is 5.66. The van der Waals surface area contributed by atoms with Crippen molar-refractivity contribution in [3.05, 3.63) is 42.2 Å². The molecule has 100 valence electrons. The fourth-order valence-corrected chi connectivity index (χ4v) is 1.64. The van der Waals surface area contributed by atoms with Crippen molar-refractivity contribution < 1.29 is 9.90 Å². The van der Waals surface area contributed by atoms with Crippen molar-refractivity contribution in [3.8, 4) is 5.69 Å². The highest BCUT2D eigenvalue weighted by Crippen LogP contribution is 2.03. The van der Waals surface area contributed by atoms with Gasteiger partial charge in [-0.1, -0.05) is 18.2 Å². The summed E-state index contributed by atoms with van der Waals surface area (Å²) in [7, 11) is 0. The zero-order valence-corrected chi connectivity index (χ0v) is 10.5. The second-order valence-corrected chi connectivity index (χ2v) is 4.13. The van der Waals surface area contributed by atoms with Gasteiger partial charge in [0.25, 0.3) is 0 Å². The van der Waals surface area contributed by atoms with Crippen LogP contribution in [0.4, 0.5) is 0 Å². The van der Waals surface area contributed by atoms with Gasteiger partial charge >= 0.3 is 5.97 Å². The molecule has 0 amide bonds. The van der Waals surface area contributed by atoms with Gasteiger partial charge < -0.3 is 10.4 Å². The largest absolute Gasteiger partial charge is 0.481 e. The number of carboxylic acids is 1. The van der Waals surface area contributed by atoms with Crippen molar-refractivity contribution in [1.29, 1.82) is 0 Å². The SMILES string of the molecule is O=C(O)CCCNCc1cnn(-c2ccccc2)n1. The number of carbonyl (C=O) groups is 1. The summed E-state index contributed by atoms with van der Waals surface area (Å²) in [4.78, 5) is 11.9. The monoisotopic (exact) mass is 260 g/mol. The Morgan fingerprint density at radius 3 is 2.84 bits per heavy atom. The fourth-order valence-electron chi connectivity index (χ4n) is 1.64. The molecule has 1 aromatic heterocycles. The van der Waals surface area contributed by atoms with Gasteiger partial charge in [0, 0.05) is 13.0 Å². The van der Waals surface area contributed by atoms with E-state index in [0.29, 0.717) is 19.5 Å². The molecule has 19 heavy (non-hydrogen) atoms. The maximum absolute atomic E-state index is 10.3. The lowest BCUT2D eigenvalue weighted by Crippen LogP contribution is -2.16. The number of nitrogens with one attached hydrogen (secondary N) is 1. The molecule has 6 nitrogen and oxygen atoms in total. The average molecular weight is 260 g/mol. The van der Waals surface area contributed by atoms with Crippen molar-refractivity contribution >= 4 is 5.97 Å². The molecule has 0 aliphatic rings. The van der Waals surface area contributed by atoms with Crippen molar-refractivity contribution in [2.45, 2.75) is 19.4 Å². The molecule has 2 rings (SSSR count). The lowest BCUT2D eigenvalue weighted by atomic mass is 10.3. The van der Waals surface area contributed by atoms with Crippen LogP contribution >= 0.6 is 0 Å². The Hall–Kier alpha value is -2.21. The molecular weight excluding hydrogens is 244 g/mol. The summed E-state index contributed by atoms with van der Waals surface area (Å²) >= 11 is 0. The Morgan fingerprint density at radius 1 is 1.32 bits per heavy atom. The summed E-state index contributed by atoms with van der Waals surface area (Å²) in [5.74, 6) is -0.767. The van der Waals surface area contributed by atoms with Gasteiger partial charge in [-0.3, -0.25) is 4.79 Å². The summed E-state index contributed by atoms with van der Waals surface area (Å²) in [5, 5.41) is 20.2. The van der Waals surface area contributed by atoms with Crippen LogP contribution in [0.25, 0.3) is 5.69 Å². The van der Waals surface area contributed by atoms with Gasteiger partial charge in [-0.2, -0.15) is 15.0 Å². The summed E-state index contributed by atoms with van der Waals surface area (Å²) in [6.07, 6.45) is 2.50. The molecule has 6 heteroatoms. The molecular formula is C13H16N4O2. The molecule has 0 fully saturated rings. The third-order valence-electron chi connectivity index (χ3n) is 2.58. The third-order valence-corrected chi connectivity index (χ3v) is 2.58. The van der Waals surface area contributed by atoms with E-state index >= 15 is 0 Å². The molecule has 0 bridgehead atoms. The standard InChI is InChI=1S/C13H16N4O2/c18-13(19)7-4-8-14-9-11-10-15-17(16-11)12-5-2-1-3-6-12/h1-3,5-6,10,14H,4,7-9H2,(H,18,19).